The first-order chi connectivity index (χ1) is 11.8. The van der Waals surface area contributed by atoms with Crippen LogP contribution in [0, 0.1) is 0 Å². The van der Waals surface area contributed by atoms with Crippen molar-refractivity contribution in [3.63, 3.8) is 0 Å². The summed E-state index contributed by atoms with van der Waals surface area (Å²) in [5, 5.41) is 1.51. The van der Waals surface area contributed by atoms with E-state index in [0.717, 1.165) is 12.8 Å². The molecule has 0 saturated heterocycles. The van der Waals surface area contributed by atoms with Crippen molar-refractivity contribution in [2.75, 3.05) is 6.61 Å². The summed E-state index contributed by atoms with van der Waals surface area (Å²) in [6, 6.07) is 3.30. The van der Waals surface area contributed by atoms with Crippen LogP contribution < -0.4 is 4.72 Å². The van der Waals surface area contributed by atoms with Gasteiger partial charge in [-0.25, -0.2) is 13.4 Å². The zero-order valence-electron chi connectivity index (χ0n) is 13.8. The van der Waals surface area contributed by atoms with E-state index >= 15 is 0 Å². The fourth-order valence-electron chi connectivity index (χ4n) is 2.11. The molecule has 0 saturated carbocycles. The Morgan fingerprint density at radius 1 is 1.32 bits per heavy atom. The van der Waals surface area contributed by atoms with Gasteiger partial charge >= 0.3 is 5.97 Å². The Morgan fingerprint density at radius 3 is 2.72 bits per heavy atom. The molecule has 0 aliphatic heterocycles. The highest BCUT2D eigenvalue weighted by atomic mass is 35.5. The zero-order valence-corrected chi connectivity index (χ0v) is 16.1. The summed E-state index contributed by atoms with van der Waals surface area (Å²) in [7, 11) is -3.94. The number of hydrogen-bond acceptors (Lipinski definition) is 5. The first-order valence-corrected chi connectivity index (χ1v) is 9.93. The normalized spacial score (nSPS) is 13.0. The highest BCUT2D eigenvalue weighted by Gasteiger charge is 2.23. The molecule has 1 atom stereocenters. The van der Waals surface area contributed by atoms with Gasteiger partial charge in [-0.1, -0.05) is 42.6 Å². The van der Waals surface area contributed by atoms with E-state index in [1.54, 1.807) is 6.07 Å². The molecule has 0 fully saturated rings. The van der Waals surface area contributed by atoms with Crippen molar-refractivity contribution in [2.24, 2.45) is 0 Å². The lowest BCUT2D eigenvalue weighted by Gasteiger charge is -2.14. The second-order valence-electron chi connectivity index (χ2n) is 5.47. The summed E-state index contributed by atoms with van der Waals surface area (Å²) >= 11 is 12.1. The van der Waals surface area contributed by atoms with Gasteiger partial charge in [-0.15, -0.1) is 0 Å². The molecule has 0 aliphatic carbocycles. The van der Waals surface area contributed by atoms with Crippen molar-refractivity contribution >= 4 is 50.0 Å². The van der Waals surface area contributed by atoms with E-state index in [0.29, 0.717) is 15.8 Å². The molecular formula is C16H18Cl2N2O4S. The molecule has 0 aliphatic rings. The van der Waals surface area contributed by atoms with Crippen molar-refractivity contribution in [3.05, 3.63) is 34.6 Å². The number of nitrogens with one attached hydrogen (secondary N) is 1. The summed E-state index contributed by atoms with van der Waals surface area (Å²) in [6.45, 7) is 3.65. The molecule has 136 valence electrons. The van der Waals surface area contributed by atoms with Crippen molar-refractivity contribution in [2.45, 2.75) is 37.6 Å². The van der Waals surface area contributed by atoms with Gasteiger partial charge in [0, 0.05) is 17.0 Å². The summed E-state index contributed by atoms with van der Waals surface area (Å²) < 4.78 is 32.3. The van der Waals surface area contributed by atoms with Gasteiger partial charge in [-0.2, -0.15) is 4.72 Å². The van der Waals surface area contributed by atoms with Crippen LogP contribution in [0.3, 0.4) is 0 Å². The minimum absolute atomic E-state index is 0.0424. The Bertz CT molecular complexity index is 887. The molecule has 1 aromatic heterocycles. The van der Waals surface area contributed by atoms with Crippen LogP contribution in [-0.4, -0.2) is 32.0 Å². The van der Waals surface area contributed by atoms with Crippen LogP contribution in [0.4, 0.5) is 0 Å². The number of carbonyl (C=O) groups is 1. The Labute approximate surface area is 156 Å². The third-order valence-corrected chi connectivity index (χ3v) is 5.64. The first kappa shape index (κ1) is 19.9. The second-order valence-corrected chi connectivity index (χ2v) is 7.95. The summed E-state index contributed by atoms with van der Waals surface area (Å²) in [5.41, 5.74) is 0. The lowest BCUT2D eigenvalue weighted by molar-refractivity contribution is -0.145. The molecule has 2 rings (SSSR count). The number of halogens is 2. The number of fused-ring (bicyclic) bond motifs is 1. The van der Waals surface area contributed by atoms with Crippen LogP contribution in [0.15, 0.2) is 29.3 Å². The SMILES string of the molecule is CCCCOC(=O)[C@H](C)NS(=O)(=O)c1ccc2c(Cl)cnc(Cl)c2c1. The lowest BCUT2D eigenvalue weighted by Crippen LogP contribution is -2.39. The van der Waals surface area contributed by atoms with Crippen LogP contribution in [-0.2, 0) is 19.6 Å². The van der Waals surface area contributed by atoms with Crippen LogP contribution in [0.1, 0.15) is 26.7 Å². The lowest BCUT2D eigenvalue weighted by atomic mass is 10.2. The van der Waals surface area contributed by atoms with E-state index in [9.17, 15) is 13.2 Å². The van der Waals surface area contributed by atoms with Crippen molar-refractivity contribution in [1.82, 2.24) is 9.71 Å². The molecule has 0 amide bonds. The van der Waals surface area contributed by atoms with E-state index in [4.69, 9.17) is 27.9 Å². The molecule has 0 bridgehead atoms. The minimum atomic E-state index is -3.94. The molecule has 0 spiro atoms. The van der Waals surface area contributed by atoms with Crippen LogP contribution >= 0.6 is 23.2 Å². The number of aromatic nitrogens is 1. The molecule has 1 heterocycles. The fraction of sp³-hybridized carbons (Fsp3) is 0.375. The fourth-order valence-corrected chi connectivity index (χ4v) is 3.75. The van der Waals surface area contributed by atoms with E-state index in [1.807, 2.05) is 6.92 Å². The van der Waals surface area contributed by atoms with Crippen LogP contribution in [0.25, 0.3) is 10.8 Å². The van der Waals surface area contributed by atoms with Crippen molar-refractivity contribution in [1.29, 1.82) is 0 Å². The van der Waals surface area contributed by atoms with Crippen molar-refractivity contribution < 1.29 is 17.9 Å². The van der Waals surface area contributed by atoms with Gasteiger partial charge in [0.15, 0.2) is 0 Å². The molecule has 6 nitrogen and oxygen atoms in total. The maximum absolute atomic E-state index is 12.5. The maximum Gasteiger partial charge on any atom is 0.323 e. The molecule has 2 aromatic rings. The Morgan fingerprint density at radius 2 is 2.04 bits per heavy atom. The van der Waals surface area contributed by atoms with E-state index < -0.39 is 22.0 Å². The predicted octanol–water partition coefficient (Wildman–Crippen LogP) is 3.55. The minimum Gasteiger partial charge on any atom is -0.465 e. The molecule has 1 N–H and O–H groups in total. The van der Waals surface area contributed by atoms with Gasteiger partial charge in [0.2, 0.25) is 10.0 Å². The van der Waals surface area contributed by atoms with Gasteiger partial charge < -0.3 is 4.74 Å². The number of nitrogens with zero attached hydrogens (tertiary/aromatic N) is 1. The molecule has 25 heavy (non-hydrogen) atoms. The standard InChI is InChI=1S/C16H18Cl2N2O4S/c1-3-4-7-24-16(21)10(2)20-25(22,23)11-5-6-12-13(8-11)15(18)19-9-14(12)17/h5-6,8-10,20H,3-4,7H2,1-2H3/t10-/m0/s1. The topological polar surface area (TPSA) is 85.4 Å². The highest BCUT2D eigenvalue weighted by molar-refractivity contribution is 7.89. The van der Waals surface area contributed by atoms with Crippen molar-refractivity contribution in [3.8, 4) is 0 Å². The number of carbonyl (C=O) groups excluding carboxylic acids is 1. The Kier molecular flexibility index (Phi) is 6.62. The average molecular weight is 405 g/mol. The molecule has 9 heteroatoms. The summed E-state index contributed by atoms with van der Waals surface area (Å²) in [6.07, 6.45) is 3.00. The summed E-state index contributed by atoms with van der Waals surface area (Å²) in [4.78, 5) is 15.7. The number of esters is 1. The predicted molar refractivity (Wildman–Crippen MR) is 97.4 cm³/mol. The number of sulfonamides is 1. The molecule has 1 aromatic carbocycles. The average Bonchev–Trinajstić information content (AvgIpc) is 2.57. The highest BCUT2D eigenvalue weighted by Crippen LogP contribution is 2.29. The number of pyridine rings is 1. The third kappa shape index (κ3) is 4.82. The zero-order chi connectivity index (χ0) is 18.6. The third-order valence-electron chi connectivity index (χ3n) is 3.50. The second kappa shape index (κ2) is 8.31. The van der Waals surface area contributed by atoms with Gasteiger partial charge in [-0.05, 0) is 25.5 Å². The summed E-state index contributed by atoms with van der Waals surface area (Å²) in [5.74, 6) is -0.624. The van der Waals surface area contributed by atoms with E-state index in [2.05, 4.69) is 9.71 Å². The number of ether oxygens (including phenoxy) is 1. The Hall–Kier alpha value is -1.41. The van der Waals surface area contributed by atoms with Gasteiger partial charge in [0.1, 0.15) is 11.2 Å². The molecule has 0 unspecified atom stereocenters. The number of rotatable bonds is 7. The van der Waals surface area contributed by atoms with Crippen LogP contribution in [0.5, 0.6) is 0 Å². The number of hydrogen-bond donors (Lipinski definition) is 1. The monoisotopic (exact) mass is 404 g/mol. The van der Waals surface area contributed by atoms with E-state index in [-0.39, 0.29) is 16.7 Å². The smallest absolute Gasteiger partial charge is 0.323 e. The maximum atomic E-state index is 12.5. The Balaban J connectivity index is 2.23. The quantitative estimate of drug-likeness (QED) is 0.433. The molecular weight excluding hydrogens is 387 g/mol. The van der Waals surface area contributed by atoms with E-state index in [1.165, 1.54) is 25.3 Å². The van der Waals surface area contributed by atoms with Gasteiger partial charge in [-0.3, -0.25) is 4.79 Å². The van der Waals surface area contributed by atoms with Gasteiger partial charge in [0.05, 0.1) is 16.5 Å². The van der Waals surface area contributed by atoms with Gasteiger partial charge in [0.25, 0.3) is 0 Å². The van der Waals surface area contributed by atoms with Crippen LogP contribution in [0.2, 0.25) is 10.2 Å². The molecule has 0 radical (unpaired) electrons. The first-order valence-electron chi connectivity index (χ1n) is 7.69. The number of benzene rings is 1. The largest absolute Gasteiger partial charge is 0.465 e. The number of unbranched alkanes of at least 4 members (excludes halogenated alkanes) is 1.